The molecule has 248 valence electrons. The first-order valence-electron chi connectivity index (χ1n) is 15.1. The van der Waals surface area contributed by atoms with Crippen LogP contribution in [0.15, 0.2) is 42.5 Å². The van der Waals surface area contributed by atoms with Crippen molar-refractivity contribution in [3.8, 4) is 22.8 Å². The van der Waals surface area contributed by atoms with E-state index < -0.39 is 18.1 Å². The molecule has 0 bridgehead atoms. The molecule has 2 atom stereocenters. The lowest BCUT2D eigenvalue weighted by molar-refractivity contribution is -0.198. The minimum atomic E-state index is -4.91. The Morgan fingerprint density at radius 1 is 1.13 bits per heavy atom. The summed E-state index contributed by atoms with van der Waals surface area (Å²) in [5, 5.41) is 3.41. The number of aromatic nitrogens is 2. The highest BCUT2D eigenvalue weighted by Crippen LogP contribution is 2.44. The van der Waals surface area contributed by atoms with Gasteiger partial charge < -0.3 is 30.2 Å². The van der Waals surface area contributed by atoms with Crippen molar-refractivity contribution in [1.29, 1.82) is 0 Å². The molecule has 9 nitrogen and oxygen atoms in total. The third-order valence-corrected chi connectivity index (χ3v) is 8.41. The quantitative estimate of drug-likeness (QED) is 0.195. The lowest BCUT2D eigenvalue weighted by Crippen LogP contribution is -2.41. The molecule has 1 spiro atoms. The van der Waals surface area contributed by atoms with E-state index in [4.69, 9.17) is 31.5 Å². The Labute approximate surface area is 269 Å². The van der Waals surface area contributed by atoms with Crippen LogP contribution in [0.25, 0.3) is 11.1 Å². The summed E-state index contributed by atoms with van der Waals surface area (Å²) >= 11 is 6.20. The molecule has 2 aromatic carbocycles. The van der Waals surface area contributed by atoms with Gasteiger partial charge in [-0.1, -0.05) is 17.7 Å². The van der Waals surface area contributed by atoms with Gasteiger partial charge in [0, 0.05) is 42.4 Å². The molecule has 14 heteroatoms. The lowest BCUT2D eigenvalue weighted by atomic mass is 9.76. The van der Waals surface area contributed by atoms with Crippen LogP contribution in [-0.2, 0) is 9.53 Å². The molecular weight excluding hydrogens is 630 g/mol. The molecule has 46 heavy (non-hydrogen) atoms. The first-order chi connectivity index (χ1) is 21.7. The zero-order valence-electron chi connectivity index (χ0n) is 25.7. The van der Waals surface area contributed by atoms with Gasteiger partial charge in [-0.25, -0.2) is 4.39 Å². The van der Waals surface area contributed by atoms with Crippen molar-refractivity contribution in [2.24, 2.45) is 5.41 Å². The van der Waals surface area contributed by atoms with E-state index in [1.165, 1.54) is 30.3 Å². The lowest BCUT2D eigenvalue weighted by Gasteiger charge is -2.39. The molecule has 2 aliphatic rings. The average molecular weight is 666 g/mol. The number of halogens is 5. The molecule has 0 radical (unpaired) electrons. The number of hydrogen-bond donors (Lipinski definition) is 2. The summed E-state index contributed by atoms with van der Waals surface area (Å²) in [5.41, 5.74) is 5.69. The van der Waals surface area contributed by atoms with E-state index in [0.717, 1.165) is 25.0 Å². The number of benzene rings is 2. The topological polar surface area (TPSA) is 112 Å². The van der Waals surface area contributed by atoms with Crippen LogP contribution in [0.2, 0.25) is 5.02 Å². The van der Waals surface area contributed by atoms with Crippen LogP contribution in [-0.4, -0.2) is 60.5 Å². The van der Waals surface area contributed by atoms with Crippen molar-refractivity contribution in [3.63, 3.8) is 0 Å². The van der Waals surface area contributed by atoms with Crippen molar-refractivity contribution in [1.82, 2.24) is 15.3 Å². The van der Waals surface area contributed by atoms with Crippen LogP contribution in [0.5, 0.6) is 11.6 Å². The molecule has 3 N–H and O–H groups in total. The van der Waals surface area contributed by atoms with E-state index in [0.29, 0.717) is 38.5 Å². The van der Waals surface area contributed by atoms with Gasteiger partial charge in [-0.3, -0.25) is 4.79 Å². The van der Waals surface area contributed by atoms with Crippen LogP contribution >= 0.6 is 11.6 Å². The molecule has 0 saturated carbocycles. The molecule has 5 rings (SSSR count). The normalized spacial score (nSPS) is 18.5. The molecule has 1 aromatic heterocycles. The molecule has 0 unspecified atom stereocenters. The SMILES string of the molecule is CCOC(=O)[C@@H]1CC2(CCN(c3cc(O[C@H](c4ccc(Cl)cc4-c4cc(F)cc(OC(C)C)c4)C(F)(F)F)nc(N)n3)CC2)CN1. The fraction of sp³-hybridized carbons (Fsp3) is 0.469. The van der Waals surface area contributed by atoms with Gasteiger partial charge in [-0.05, 0) is 80.8 Å². The zero-order valence-corrected chi connectivity index (χ0v) is 26.4. The van der Waals surface area contributed by atoms with E-state index in [-0.39, 0.29) is 62.8 Å². The summed E-state index contributed by atoms with van der Waals surface area (Å²) in [7, 11) is 0. The number of ether oxygens (including phenoxy) is 3. The van der Waals surface area contributed by atoms with Crippen LogP contribution in [0.1, 0.15) is 51.7 Å². The molecule has 2 fully saturated rings. The van der Waals surface area contributed by atoms with Crippen molar-refractivity contribution in [2.75, 3.05) is 36.9 Å². The van der Waals surface area contributed by atoms with Gasteiger partial charge in [0.05, 0.1) is 12.7 Å². The molecule has 3 heterocycles. The van der Waals surface area contributed by atoms with Crippen LogP contribution in [0.4, 0.5) is 29.3 Å². The van der Waals surface area contributed by atoms with Gasteiger partial charge in [-0.15, -0.1) is 0 Å². The molecule has 0 amide bonds. The number of hydrogen-bond acceptors (Lipinski definition) is 9. The molecular formula is C32H36ClF4N5O4. The molecule has 0 aliphatic carbocycles. The summed E-state index contributed by atoms with van der Waals surface area (Å²) in [4.78, 5) is 22.4. The Morgan fingerprint density at radius 3 is 2.54 bits per heavy atom. The third-order valence-electron chi connectivity index (χ3n) is 8.17. The molecule has 3 aromatic rings. The fourth-order valence-electron chi connectivity index (χ4n) is 6.06. The van der Waals surface area contributed by atoms with E-state index >= 15 is 0 Å². The van der Waals surface area contributed by atoms with Crippen molar-refractivity contribution in [3.05, 3.63) is 58.9 Å². The smallest absolute Gasteiger partial charge is 0.429 e. The van der Waals surface area contributed by atoms with E-state index in [9.17, 15) is 22.4 Å². The summed E-state index contributed by atoms with van der Waals surface area (Å²) in [5.74, 6) is -1.11. The summed E-state index contributed by atoms with van der Waals surface area (Å²) in [6.45, 7) is 7.32. The monoisotopic (exact) mass is 665 g/mol. The largest absolute Gasteiger partial charge is 0.491 e. The fourth-order valence-corrected chi connectivity index (χ4v) is 6.24. The Morgan fingerprint density at radius 2 is 1.87 bits per heavy atom. The van der Waals surface area contributed by atoms with E-state index in [1.54, 1.807) is 20.8 Å². The number of alkyl halides is 3. The number of anilines is 2. The number of esters is 1. The Bertz CT molecular complexity index is 1570. The van der Waals surface area contributed by atoms with E-state index in [2.05, 4.69) is 15.3 Å². The highest BCUT2D eigenvalue weighted by molar-refractivity contribution is 6.30. The second kappa shape index (κ2) is 13.5. The summed E-state index contributed by atoms with van der Waals surface area (Å²) < 4.78 is 75.0. The zero-order chi connectivity index (χ0) is 33.2. The van der Waals surface area contributed by atoms with Gasteiger partial charge in [0.1, 0.15) is 23.4 Å². The maximum Gasteiger partial charge on any atom is 0.429 e. The second-order valence-corrected chi connectivity index (χ2v) is 12.3. The summed E-state index contributed by atoms with van der Waals surface area (Å²) in [6, 6.07) is 8.49. The van der Waals surface area contributed by atoms with Crippen LogP contribution in [0.3, 0.4) is 0 Å². The highest BCUT2D eigenvalue weighted by Gasteiger charge is 2.46. The van der Waals surface area contributed by atoms with Gasteiger partial charge in [0.2, 0.25) is 17.9 Å². The number of rotatable bonds is 9. The average Bonchev–Trinajstić information content (AvgIpc) is 3.38. The minimum Gasteiger partial charge on any atom is -0.491 e. The Kier molecular flexibility index (Phi) is 9.83. The number of nitrogens with zero attached hydrogens (tertiary/aromatic N) is 3. The first kappa shape index (κ1) is 33.5. The number of carbonyl (C=O) groups is 1. The standard InChI is InChI=1S/C32H36ClF4N5O4/c1-4-44-29(43)25-16-31(17-39-25)7-9-42(10-8-31)26-15-27(41-30(38)40-26)46-28(32(35,36)37)23-6-5-20(33)13-24(23)19-11-21(34)14-22(12-19)45-18(2)3/h5-6,11-15,18,25,28,39H,4,7-10,16-17H2,1-3H3,(H2,38,40,41)/t25-,28+/m0/s1. The number of carbonyl (C=O) groups excluding carboxylic acids is 1. The predicted molar refractivity (Wildman–Crippen MR) is 165 cm³/mol. The van der Waals surface area contributed by atoms with Gasteiger partial charge in [-0.2, -0.15) is 23.1 Å². The van der Waals surface area contributed by atoms with E-state index in [1.807, 2.05) is 4.90 Å². The van der Waals surface area contributed by atoms with Gasteiger partial charge >= 0.3 is 12.1 Å². The maximum absolute atomic E-state index is 14.7. The Hall–Kier alpha value is -3.84. The third kappa shape index (κ3) is 7.75. The Balaban J connectivity index is 1.40. The summed E-state index contributed by atoms with van der Waals surface area (Å²) in [6.07, 6.45) is -5.60. The molecule has 2 aliphatic heterocycles. The number of piperidine rings is 1. The second-order valence-electron chi connectivity index (χ2n) is 11.9. The number of nitrogens with one attached hydrogen (secondary N) is 1. The predicted octanol–water partition coefficient (Wildman–Crippen LogP) is 6.50. The van der Waals surface area contributed by atoms with Gasteiger partial charge in [0.15, 0.2) is 0 Å². The first-order valence-corrected chi connectivity index (χ1v) is 15.4. The van der Waals surface area contributed by atoms with Gasteiger partial charge in [0.25, 0.3) is 0 Å². The molecule has 2 saturated heterocycles. The van der Waals surface area contributed by atoms with Crippen LogP contribution < -0.4 is 25.4 Å². The highest BCUT2D eigenvalue weighted by atomic mass is 35.5. The number of nitrogens with two attached hydrogens (primary N) is 1. The van der Waals surface area contributed by atoms with Crippen molar-refractivity contribution in [2.45, 2.75) is 64.5 Å². The van der Waals surface area contributed by atoms with Crippen molar-refractivity contribution < 1.29 is 36.6 Å². The maximum atomic E-state index is 14.7. The van der Waals surface area contributed by atoms with Crippen molar-refractivity contribution >= 4 is 29.3 Å². The van der Waals surface area contributed by atoms with Crippen LogP contribution in [0, 0.1) is 11.2 Å². The number of nitrogen functional groups attached to an aromatic ring is 1. The minimum absolute atomic E-state index is 0.0119.